The van der Waals surface area contributed by atoms with Gasteiger partial charge >= 0.3 is 0 Å². The van der Waals surface area contributed by atoms with Crippen molar-refractivity contribution in [3.05, 3.63) is 30.0 Å². The van der Waals surface area contributed by atoms with Crippen molar-refractivity contribution in [3.8, 4) is 0 Å². The van der Waals surface area contributed by atoms with Crippen LogP contribution in [0.2, 0.25) is 0 Å². The summed E-state index contributed by atoms with van der Waals surface area (Å²) in [5, 5.41) is 7.87. The second-order valence-electron chi connectivity index (χ2n) is 7.51. The van der Waals surface area contributed by atoms with Crippen molar-refractivity contribution in [3.63, 3.8) is 0 Å². The van der Waals surface area contributed by atoms with Gasteiger partial charge in [0, 0.05) is 11.9 Å². The number of halogens is 1. The molecule has 2 amide bonds. The number of para-hydroxylation sites is 1. The molecule has 0 saturated heterocycles. The number of hydrogen-bond acceptors (Lipinski definition) is 3. The fourth-order valence-electron chi connectivity index (χ4n) is 2.91. The molecule has 1 aromatic heterocycles. The van der Waals surface area contributed by atoms with Crippen LogP contribution in [0.25, 0.3) is 10.9 Å². The Balaban J connectivity index is 2.28. The predicted octanol–water partition coefficient (Wildman–Crippen LogP) is 2.81. The smallest absolute Gasteiger partial charge is 0.273 e. The maximum Gasteiger partial charge on any atom is 0.273 e. The molecule has 1 aromatic carbocycles. The minimum Gasteiger partial charge on any atom is -0.368 e. The third kappa shape index (κ3) is 4.59. The molecule has 0 aliphatic carbocycles. The Kier molecular flexibility index (Phi) is 6.34. The van der Waals surface area contributed by atoms with E-state index in [1.54, 1.807) is 4.68 Å². The molecule has 2 aromatic rings. The van der Waals surface area contributed by atoms with Crippen molar-refractivity contribution < 1.29 is 14.0 Å². The molecule has 0 fully saturated rings. The number of unbranched alkanes of at least 4 members (excludes halogenated alkanes) is 2. The topological polar surface area (TPSA) is 90.0 Å². The fourth-order valence-corrected chi connectivity index (χ4v) is 2.91. The van der Waals surface area contributed by atoms with E-state index in [0.29, 0.717) is 18.4 Å². The number of aromatic nitrogens is 2. The van der Waals surface area contributed by atoms with Crippen LogP contribution in [0, 0.1) is 5.41 Å². The SMILES string of the molecule is CC(C)(C)[C@H](NC(=O)c1nn(CCCCCF)c2ccccc12)C(N)=O. The summed E-state index contributed by atoms with van der Waals surface area (Å²) >= 11 is 0. The van der Waals surface area contributed by atoms with Gasteiger partial charge in [0.2, 0.25) is 5.91 Å². The Hall–Kier alpha value is -2.44. The van der Waals surface area contributed by atoms with E-state index in [-0.39, 0.29) is 12.4 Å². The molecular weight excluding hydrogens is 335 g/mol. The van der Waals surface area contributed by atoms with E-state index >= 15 is 0 Å². The molecule has 0 bridgehead atoms. The number of benzene rings is 1. The number of rotatable bonds is 8. The summed E-state index contributed by atoms with van der Waals surface area (Å²) < 4.78 is 14.0. The molecule has 7 heteroatoms. The van der Waals surface area contributed by atoms with Crippen molar-refractivity contribution in [1.82, 2.24) is 15.1 Å². The summed E-state index contributed by atoms with van der Waals surface area (Å²) in [4.78, 5) is 24.5. The van der Waals surface area contributed by atoms with Crippen molar-refractivity contribution in [1.29, 1.82) is 0 Å². The number of alkyl halides is 1. The summed E-state index contributed by atoms with van der Waals surface area (Å²) in [6.45, 7) is 5.79. The normalized spacial score (nSPS) is 12.9. The average Bonchev–Trinajstić information content (AvgIpc) is 2.94. The highest BCUT2D eigenvalue weighted by Gasteiger charge is 2.32. The molecule has 3 N–H and O–H groups in total. The van der Waals surface area contributed by atoms with Gasteiger partial charge in [-0.15, -0.1) is 0 Å². The van der Waals surface area contributed by atoms with Gasteiger partial charge in [-0.05, 0) is 30.7 Å². The number of nitrogens with one attached hydrogen (secondary N) is 1. The zero-order chi connectivity index (χ0) is 19.3. The number of amides is 2. The number of fused-ring (bicyclic) bond motifs is 1. The number of carbonyl (C=O) groups is 2. The summed E-state index contributed by atoms with van der Waals surface area (Å²) in [6.07, 6.45) is 2.07. The summed E-state index contributed by atoms with van der Waals surface area (Å²) in [5.41, 5.74) is 6.05. The van der Waals surface area contributed by atoms with Crippen LogP contribution in [0.5, 0.6) is 0 Å². The number of nitrogens with zero attached hydrogens (tertiary/aromatic N) is 2. The first-order chi connectivity index (χ1) is 12.3. The second kappa shape index (κ2) is 8.29. The van der Waals surface area contributed by atoms with Gasteiger partial charge in [-0.1, -0.05) is 39.0 Å². The lowest BCUT2D eigenvalue weighted by molar-refractivity contribution is -0.122. The van der Waals surface area contributed by atoms with Crippen LogP contribution in [0.1, 0.15) is 50.5 Å². The molecular formula is C19H27FN4O2. The third-order valence-electron chi connectivity index (χ3n) is 4.30. The largest absolute Gasteiger partial charge is 0.368 e. The summed E-state index contributed by atoms with van der Waals surface area (Å²) in [7, 11) is 0. The van der Waals surface area contributed by atoms with Crippen LogP contribution in [-0.2, 0) is 11.3 Å². The van der Waals surface area contributed by atoms with E-state index in [1.807, 2.05) is 45.0 Å². The summed E-state index contributed by atoms with van der Waals surface area (Å²) in [6, 6.07) is 6.63. The molecule has 2 rings (SSSR count). The molecule has 0 saturated carbocycles. The van der Waals surface area contributed by atoms with E-state index in [9.17, 15) is 14.0 Å². The molecule has 6 nitrogen and oxygen atoms in total. The van der Waals surface area contributed by atoms with Gasteiger partial charge in [-0.25, -0.2) is 0 Å². The molecule has 0 radical (unpaired) electrons. The minimum atomic E-state index is -0.802. The van der Waals surface area contributed by atoms with Crippen molar-refractivity contribution in [2.24, 2.45) is 11.1 Å². The van der Waals surface area contributed by atoms with Crippen LogP contribution >= 0.6 is 0 Å². The van der Waals surface area contributed by atoms with Crippen LogP contribution in [0.15, 0.2) is 24.3 Å². The van der Waals surface area contributed by atoms with Crippen LogP contribution in [0.4, 0.5) is 4.39 Å². The van der Waals surface area contributed by atoms with E-state index in [4.69, 9.17) is 5.73 Å². The Bertz CT molecular complexity index is 779. The monoisotopic (exact) mass is 362 g/mol. The number of primary amides is 1. The van der Waals surface area contributed by atoms with Gasteiger partial charge in [0.25, 0.3) is 5.91 Å². The molecule has 1 heterocycles. The first-order valence-corrected chi connectivity index (χ1v) is 8.87. The van der Waals surface area contributed by atoms with Gasteiger partial charge < -0.3 is 11.1 Å². The molecule has 0 unspecified atom stereocenters. The molecule has 0 spiro atoms. The lowest BCUT2D eigenvalue weighted by Gasteiger charge is -2.28. The van der Waals surface area contributed by atoms with E-state index < -0.39 is 23.3 Å². The number of aryl methyl sites for hydroxylation is 1. The maximum absolute atomic E-state index is 12.8. The van der Waals surface area contributed by atoms with E-state index in [1.165, 1.54) is 0 Å². The molecule has 142 valence electrons. The lowest BCUT2D eigenvalue weighted by atomic mass is 9.86. The van der Waals surface area contributed by atoms with E-state index in [2.05, 4.69) is 10.4 Å². The Morgan fingerprint density at radius 1 is 1.23 bits per heavy atom. The average molecular weight is 362 g/mol. The van der Waals surface area contributed by atoms with Gasteiger partial charge in [-0.3, -0.25) is 18.7 Å². The molecule has 26 heavy (non-hydrogen) atoms. The third-order valence-corrected chi connectivity index (χ3v) is 4.30. The Labute approximate surface area is 152 Å². The predicted molar refractivity (Wildman–Crippen MR) is 99.5 cm³/mol. The maximum atomic E-state index is 12.8. The van der Waals surface area contributed by atoms with Crippen LogP contribution in [-0.4, -0.2) is 34.3 Å². The fraction of sp³-hybridized carbons (Fsp3) is 0.526. The minimum absolute atomic E-state index is 0.265. The lowest BCUT2D eigenvalue weighted by Crippen LogP contribution is -2.52. The summed E-state index contributed by atoms with van der Waals surface area (Å²) in [5.74, 6) is -1.01. The highest BCUT2D eigenvalue weighted by atomic mass is 19.1. The highest BCUT2D eigenvalue weighted by Crippen LogP contribution is 2.22. The van der Waals surface area contributed by atoms with E-state index in [0.717, 1.165) is 18.4 Å². The molecule has 0 aliphatic rings. The zero-order valence-corrected chi connectivity index (χ0v) is 15.6. The van der Waals surface area contributed by atoms with Crippen molar-refractivity contribution in [2.75, 3.05) is 6.67 Å². The number of hydrogen-bond donors (Lipinski definition) is 2. The van der Waals surface area contributed by atoms with Crippen molar-refractivity contribution in [2.45, 2.75) is 52.6 Å². The van der Waals surface area contributed by atoms with Gasteiger partial charge in [0.05, 0.1) is 12.2 Å². The number of nitrogens with two attached hydrogens (primary N) is 1. The van der Waals surface area contributed by atoms with Crippen LogP contribution < -0.4 is 11.1 Å². The van der Waals surface area contributed by atoms with Crippen LogP contribution in [0.3, 0.4) is 0 Å². The molecule has 0 aliphatic heterocycles. The molecule has 1 atom stereocenters. The first kappa shape index (κ1) is 19.9. The quantitative estimate of drug-likeness (QED) is 0.708. The Morgan fingerprint density at radius 3 is 2.54 bits per heavy atom. The second-order valence-corrected chi connectivity index (χ2v) is 7.51. The van der Waals surface area contributed by atoms with Gasteiger partial charge in [-0.2, -0.15) is 5.10 Å². The first-order valence-electron chi connectivity index (χ1n) is 8.87. The Morgan fingerprint density at radius 2 is 1.92 bits per heavy atom. The standard InChI is InChI=1S/C19H27FN4O2/c1-19(2,3)16(17(21)25)22-18(26)15-13-9-5-6-10-14(13)24(23-15)12-8-4-7-11-20/h5-6,9-10,16H,4,7-8,11-12H2,1-3H3,(H2,21,25)(H,22,26)/t16-/m1/s1. The highest BCUT2D eigenvalue weighted by molar-refractivity contribution is 6.06. The van der Waals surface area contributed by atoms with Crippen molar-refractivity contribution >= 4 is 22.7 Å². The van der Waals surface area contributed by atoms with Gasteiger partial charge in [0.1, 0.15) is 6.04 Å². The van der Waals surface area contributed by atoms with Gasteiger partial charge in [0.15, 0.2) is 5.69 Å². The number of carbonyl (C=O) groups excluding carboxylic acids is 2. The zero-order valence-electron chi connectivity index (χ0n) is 15.6.